The van der Waals surface area contributed by atoms with Crippen molar-refractivity contribution in [3.63, 3.8) is 0 Å². The maximum Gasteiger partial charge on any atom is 0.120 e. The number of aromatic nitrogens is 3. The Morgan fingerprint density at radius 3 is 2.58 bits per heavy atom. The van der Waals surface area contributed by atoms with E-state index in [4.69, 9.17) is 0 Å². The molecule has 1 aromatic heterocycles. The summed E-state index contributed by atoms with van der Waals surface area (Å²) in [5.74, 6) is 0.807. The molecule has 0 fully saturated rings. The zero-order valence-corrected chi connectivity index (χ0v) is 16.9. The van der Waals surface area contributed by atoms with E-state index < -0.39 is 0 Å². The number of rotatable bonds is 4. The van der Waals surface area contributed by atoms with Crippen LogP contribution < -0.4 is 0 Å². The molecule has 1 aromatic carbocycles. The standard InChI is InChI=1S/C22H31N3O/c1-15-7-9-18-19(11-15)24-25(23-18)13-16-12-17(8-10-20(16)26)22(5,6)14-21(2,3)4/h7-10,12,15,26H,11,13-14H2,1-6H3. The quantitative estimate of drug-likeness (QED) is 0.846. The van der Waals surface area contributed by atoms with E-state index >= 15 is 0 Å². The van der Waals surface area contributed by atoms with Gasteiger partial charge in [0.15, 0.2) is 0 Å². The van der Waals surface area contributed by atoms with Crippen molar-refractivity contribution in [1.82, 2.24) is 15.0 Å². The van der Waals surface area contributed by atoms with Gasteiger partial charge in [-0.1, -0.05) is 53.7 Å². The zero-order chi connectivity index (χ0) is 19.1. The molecule has 0 spiro atoms. The van der Waals surface area contributed by atoms with Crippen LogP contribution in [0.15, 0.2) is 24.3 Å². The lowest BCUT2D eigenvalue weighted by atomic mass is 9.72. The molecular weight excluding hydrogens is 322 g/mol. The Bertz CT molecular complexity index is 824. The van der Waals surface area contributed by atoms with Crippen molar-refractivity contribution in [3.05, 3.63) is 46.8 Å². The van der Waals surface area contributed by atoms with Crippen molar-refractivity contribution in [2.24, 2.45) is 11.3 Å². The molecule has 1 aliphatic rings. The van der Waals surface area contributed by atoms with Crippen LogP contribution in [-0.4, -0.2) is 20.1 Å². The van der Waals surface area contributed by atoms with Crippen molar-refractivity contribution in [1.29, 1.82) is 0 Å². The first-order valence-electron chi connectivity index (χ1n) is 9.48. The number of aromatic hydroxyl groups is 1. The fraction of sp³-hybridized carbons (Fsp3) is 0.545. The van der Waals surface area contributed by atoms with Crippen molar-refractivity contribution in [2.45, 2.75) is 66.3 Å². The lowest BCUT2D eigenvalue weighted by molar-refractivity contribution is 0.284. The Kier molecular flexibility index (Phi) is 4.72. The van der Waals surface area contributed by atoms with Gasteiger partial charge in [0.05, 0.1) is 12.2 Å². The van der Waals surface area contributed by atoms with Gasteiger partial charge in [-0.25, -0.2) is 0 Å². The van der Waals surface area contributed by atoms with E-state index in [2.05, 4.69) is 70.0 Å². The minimum absolute atomic E-state index is 0.0374. The average molecular weight is 354 g/mol. The van der Waals surface area contributed by atoms with Gasteiger partial charge in [0.2, 0.25) is 0 Å². The van der Waals surface area contributed by atoms with Gasteiger partial charge >= 0.3 is 0 Å². The van der Waals surface area contributed by atoms with Crippen LogP contribution in [0.2, 0.25) is 0 Å². The Morgan fingerprint density at radius 1 is 1.15 bits per heavy atom. The largest absolute Gasteiger partial charge is 0.508 e. The molecule has 2 aromatic rings. The monoisotopic (exact) mass is 353 g/mol. The summed E-state index contributed by atoms with van der Waals surface area (Å²) in [7, 11) is 0. The minimum Gasteiger partial charge on any atom is -0.508 e. The summed E-state index contributed by atoms with van der Waals surface area (Å²) in [6, 6.07) is 5.96. The molecule has 1 heterocycles. The summed E-state index contributed by atoms with van der Waals surface area (Å²) < 4.78 is 0. The highest BCUT2D eigenvalue weighted by molar-refractivity contribution is 5.50. The molecule has 0 saturated heterocycles. The molecule has 3 rings (SSSR count). The molecule has 4 heteroatoms. The van der Waals surface area contributed by atoms with Crippen LogP contribution in [0.4, 0.5) is 0 Å². The molecule has 0 aliphatic heterocycles. The van der Waals surface area contributed by atoms with Gasteiger partial charge in [-0.05, 0) is 53.4 Å². The molecule has 0 amide bonds. The Hall–Kier alpha value is -2.10. The second-order valence-electron chi connectivity index (χ2n) is 9.57. The van der Waals surface area contributed by atoms with Gasteiger partial charge in [-0.15, -0.1) is 0 Å². The predicted octanol–water partition coefficient (Wildman–Crippen LogP) is 4.95. The number of nitrogens with zero attached hydrogens (tertiary/aromatic N) is 3. The van der Waals surface area contributed by atoms with Gasteiger partial charge in [0.25, 0.3) is 0 Å². The molecule has 26 heavy (non-hydrogen) atoms. The second kappa shape index (κ2) is 6.57. The van der Waals surface area contributed by atoms with Gasteiger partial charge in [-0.3, -0.25) is 0 Å². The zero-order valence-electron chi connectivity index (χ0n) is 16.9. The smallest absolute Gasteiger partial charge is 0.120 e. The molecular formula is C22H31N3O. The Morgan fingerprint density at radius 2 is 1.88 bits per heavy atom. The number of hydrogen-bond donors (Lipinski definition) is 1. The van der Waals surface area contributed by atoms with Crippen LogP contribution in [0, 0.1) is 11.3 Å². The van der Waals surface area contributed by atoms with Gasteiger partial charge < -0.3 is 5.11 Å². The summed E-state index contributed by atoms with van der Waals surface area (Å²) in [4.78, 5) is 1.71. The third kappa shape index (κ3) is 4.17. The molecule has 4 nitrogen and oxygen atoms in total. The van der Waals surface area contributed by atoms with Crippen molar-refractivity contribution < 1.29 is 5.11 Å². The van der Waals surface area contributed by atoms with E-state index in [9.17, 15) is 5.11 Å². The van der Waals surface area contributed by atoms with Gasteiger partial charge in [-0.2, -0.15) is 15.0 Å². The number of fused-ring (bicyclic) bond motifs is 1. The van der Waals surface area contributed by atoms with E-state index in [0.29, 0.717) is 18.2 Å². The van der Waals surface area contributed by atoms with E-state index in [-0.39, 0.29) is 10.8 Å². The first kappa shape index (κ1) is 18.7. The topological polar surface area (TPSA) is 50.9 Å². The fourth-order valence-electron chi connectivity index (χ4n) is 4.08. The highest BCUT2D eigenvalue weighted by Gasteiger charge is 2.28. The van der Waals surface area contributed by atoms with E-state index in [1.807, 2.05) is 6.07 Å². The molecule has 1 unspecified atom stereocenters. The van der Waals surface area contributed by atoms with Crippen molar-refractivity contribution in [2.75, 3.05) is 0 Å². The number of phenols is 1. The average Bonchev–Trinajstić information content (AvgIpc) is 2.88. The summed E-state index contributed by atoms with van der Waals surface area (Å²) in [6.07, 6.45) is 6.22. The second-order valence-corrected chi connectivity index (χ2v) is 9.57. The lowest BCUT2D eigenvalue weighted by Gasteiger charge is -2.33. The summed E-state index contributed by atoms with van der Waals surface area (Å²) in [5, 5.41) is 19.6. The SMILES string of the molecule is CC1C=Cc2nn(Cc3cc(C(C)(C)CC(C)(C)C)ccc3O)nc2C1. The number of phenolic OH excluding ortho intramolecular Hbond substituents is 1. The van der Waals surface area contributed by atoms with E-state index in [1.165, 1.54) is 5.56 Å². The van der Waals surface area contributed by atoms with Crippen LogP contribution in [-0.2, 0) is 18.4 Å². The van der Waals surface area contributed by atoms with Crippen LogP contribution >= 0.6 is 0 Å². The maximum absolute atomic E-state index is 10.4. The van der Waals surface area contributed by atoms with E-state index in [1.54, 1.807) is 10.9 Å². The molecule has 0 radical (unpaired) electrons. The molecule has 0 saturated carbocycles. The molecule has 0 bridgehead atoms. The fourth-order valence-corrected chi connectivity index (χ4v) is 4.08. The van der Waals surface area contributed by atoms with Gasteiger partial charge in [0.1, 0.15) is 11.4 Å². The summed E-state index contributed by atoms with van der Waals surface area (Å²) >= 11 is 0. The molecule has 1 N–H and O–H groups in total. The Balaban J connectivity index is 1.86. The van der Waals surface area contributed by atoms with Gasteiger partial charge in [0, 0.05) is 5.56 Å². The van der Waals surface area contributed by atoms with E-state index in [0.717, 1.165) is 29.8 Å². The van der Waals surface area contributed by atoms with Crippen LogP contribution in [0.25, 0.3) is 6.08 Å². The third-order valence-electron chi connectivity index (χ3n) is 5.00. The van der Waals surface area contributed by atoms with Crippen molar-refractivity contribution in [3.8, 4) is 5.75 Å². The van der Waals surface area contributed by atoms with Crippen molar-refractivity contribution >= 4 is 6.08 Å². The first-order chi connectivity index (χ1) is 12.0. The highest BCUT2D eigenvalue weighted by atomic mass is 16.3. The van der Waals surface area contributed by atoms with Crippen LogP contribution in [0.3, 0.4) is 0 Å². The molecule has 1 atom stereocenters. The Labute approximate surface area is 156 Å². The normalized spacial score (nSPS) is 17.4. The molecule has 1 aliphatic carbocycles. The predicted molar refractivity (Wildman–Crippen MR) is 106 cm³/mol. The summed E-state index contributed by atoms with van der Waals surface area (Å²) in [6.45, 7) is 14.0. The maximum atomic E-state index is 10.4. The first-order valence-corrected chi connectivity index (χ1v) is 9.48. The number of benzene rings is 1. The molecule has 140 valence electrons. The van der Waals surface area contributed by atoms with Crippen LogP contribution in [0.5, 0.6) is 5.75 Å². The number of allylic oxidation sites excluding steroid dienone is 1. The summed E-state index contributed by atoms with van der Waals surface area (Å²) in [5.41, 5.74) is 4.39. The van der Waals surface area contributed by atoms with Crippen LogP contribution in [0.1, 0.15) is 70.5 Å². The highest BCUT2D eigenvalue weighted by Crippen LogP contribution is 2.37. The lowest BCUT2D eigenvalue weighted by Crippen LogP contribution is -2.25. The number of hydrogen-bond acceptors (Lipinski definition) is 3. The minimum atomic E-state index is 0.0374. The third-order valence-corrected chi connectivity index (χ3v) is 5.00.